The van der Waals surface area contributed by atoms with E-state index >= 15 is 0 Å². The zero-order chi connectivity index (χ0) is 14.2. The van der Waals surface area contributed by atoms with Crippen molar-refractivity contribution in [2.24, 2.45) is 7.05 Å². The van der Waals surface area contributed by atoms with Crippen LogP contribution in [0.15, 0.2) is 6.07 Å². The predicted molar refractivity (Wildman–Crippen MR) is 68.9 cm³/mol. The number of likely N-dealkylation sites (tertiary alicyclic amines) is 1. The van der Waals surface area contributed by atoms with Crippen LogP contribution in [0.25, 0.3) is 0 Å². The molecule has 1 aliphatic heterocycles. The number of hydrogen-bond acceptors (Lipinski definition) is 3. The number of rotatable bonds is 3. The van der Waals surface area contributed by atoms with Gasteiger partial charge in [0.25, 0.3) is 5.91 Å². The molecule has 1 aromatic heterocycles. The Labute approximate surface area is 112 Å². The molecule has 1 unspecified atom stereocenters. The molecular weight excluding hydrogens is 246 g/mol. The van der Waals surface area contributed by atoms with Gasteiger partial charge in [0, 0.05) is 13.6 Å². The van der Waals surface area contributed by atoms with E-state index in [0.717, 1.165) is 12.1 Å². The second kappa shape index (κ2) is 4.68. The van der Waals surface area contributed by atoms with E-state index in [9.17, 15) is 14.7 Å². The average Bonchev–Trinajstić information content (AvgIpc) is 2.92. The minimum atomic E-state index is -1.06. The molecule has 1 N–H and O–H groups in total. The molecule has 0 bridgehead atoms. The minimum Gasteiger partial charge on any atom is -0.479 e. The first-order valence-corrected chi connectivity index (χ1v) is 6.48. The first kappa shape index (κ1) is 13.6. The van der Waals surface area contributed by atoms with E-state index in [2.05, 4.69) is 5.10 Å². The number of aryl methyl sites for hydroxylation is 2. The van der Waals surface area contributed by atoms with Crippen LogP contribution in [0.4, 0.5) is 0 Å². The van der Waals surface area contributed by atoms with E-state index in [4.69, 9.17) is 0 Å². The third-order valence-corrected chi connectivity index (χ3v) is 3.94. The monoisotopic (exact) mass is 265 g/mol. The lowest BCUT2D eigenvalue weighted by atomic mass is 9.93. The van der Waals surface area contributed by atoms with Gasteiger partial charge in [0.2, 0.25) is 0 Å². The predicted octanol–water partition coefficient (Wildman–Crippen LogP) is 1.20. The summed E-state index contributed by atoms with van der Waals surface area (Å²) in [5.41, 5.74) is 0.135. The normalized spacial score (nSPS) is 22.8. The number of carboxylic acids is 1. The highest BCUT2D eigenvalue weighted by Gasteiger charge is 2.49. The molecule has 104 valence electrons. The van der Waals surface area contributed by atoms with E-state index < -0.39 is 11.5 Å². The molecule has 19 heavy (non-hydrogen) atoms. The van der Waals surface area contributed by atoms with Gasteiger partial charge < -0.3 is 10.0 Å². The third kappa shape index (κ3) is 2.01. The Kier molecular flexibility index (Phi) is 3.34. The Balaban J connectivity index is 2.38. The van der Waals surface area contributed by atoms with Crippen molar-refractivity contribution in [3.63, 3.8) is 0 Å². The zero-order valence-electron chi connectivity index (χ0n) is 11.5. The van der Waals surface area contributed by atoms with Crippen LogP contribution in [-0.2, 0) is 11.8 Å². The molecule has 1 saturated heterocycles. The molecule has 1 amide bonds. The van der Waals surface area contributed by atoms with E-state index in [1.54, 1.807) is 13.1 Å². The number of aromatic nitrogens is 2. The Bertz CT molecular complexity index is 523. The van der Waals surface area contributed by atoms with Crippen molar-refractivity contribution >= 4 is 11.9 Å². The summed E-state index contributed by atoms with van der Waals surface area (Å²) in [4.78, 5) is 25.6. The molecule has 1 aromatic rings. The largest absolute Gasteiger partial charge is 0.479 e. The highest BCUT2D eigenvalue weighted by molar-refractivity contribution is 5.97. The molecule has 0 aromatic carbocycles. The summed E-state index contributed by atoms with van der Waals surface area (Å²) in [7, 11) is 1.70. The van der Waals surface area contributed by atoms with Crippen molar-refractivity contribution in [1.29, 1.82) is 0 Å². The van der Waals surface area contributed by atoms with Crippen molar-refractivity contribution in [3.05, 3.63) is 17.5 Å². The Morgan fingerprint density at radius 2 is 2.21 bits per heavy atom. The maximum Gasteiger partial charge on any atom is 0.329 e. The van der Waals surface area contributed by atoms with Crippen LogP contribution in [0.2, 0.25) is 0 Å². The molecule has 0 spiro atoms. The van der Waals surface area contributed by atoms with Gasteiger partial charge in [-0.3, -0.25) is 9.48 Å². The molecule has 1 atom stereocenters. The maximum absolute atomic E-state index is 12.6. The summed E-state index contributed by atoms with van der Waals surface area (Å²) in [6.07, 6.45) is 1.66. The molecule has 6 heteroatoms. The van der Waals surface area contributed by atoms with E-state index in [-0.39, 0.29) is 5.91 Å². The van der Waals surface area contributed by atoms with Crippen LogP contribution in [0.1, 0.15) is 42.4 Å². The summed E-state index contributed by atoms with van der Waals surface area (Å²) in [6.45, 7) is 4.11. The topological polar surface area (TPSA) is 75.4 Å². The molecule has 0 radical (unpaired) electrons. The number of nitrogens with zero attached hydrogens (tertiary/aromatic N) is 3. The SMILES string of the molecule is CCC1(C(=O)O)CCCN1C(=O)c1cc(C)nn1C. The lowest BCUT2D eigenvalue weighted by molar-refractivity contribution is -0.148. The van der Waals surface area contributed by atoms with Gasteiger partial charge in [0.1, 0.15) is 11.2 Å². The quantitative estimate of drug-likeness (QED) is 0.891. The van der Waals surface area contributed by atoms with E-state index in [0.29, 0.717) is 25.1 Å². The summed E-state index contributed by atoms with van der Waals surface area (Å²) in [6, 6.07) is 1.70. The average molecular weight is 265 g/mol. The first-order valence-electron chi connectivity index (χ1n) is 6.48. The van der Waals surface area contributed by atoms with Crippen LogP contribution < -0.4 is 0 Å². The van der Waals surface area contributed by atoms with Gasteiger partial charge in [-0.2, -0.15) is 5.10 Å². The van der Waals surface area contributed by atoms with Crippen LogP contribution in [0.3, 0.4) is 0 Å². The minimum absolute atomic E-state index is 0.246. The summed E-state index contributed by atoms with van der Waals surface area (Å²) >= 11 is 0. The zero-order valence-corrected chi connectivity index (χ0v) is 11.5. The van der Waals surface area contributed by atoms with Gasteiger partial charge in [-0.05, 0) is 32.3 Å². The lowest BCUT2D eigenvalue weighted by Crippen LogP contribution is -2.53. The van der Waals surface area contributed by atoms with Gasteiger partial charge in [-0.25, -0.2) is 4.79 Å². The second-order valence-electron chi connectivity index (χ2n) is 5.05. The molecular formula is C13H19N3O3. The van der Waals surface area contributed by atoms with Gasteiger partial charge in [0.15, 0.2) is 0 Å². The fourth-order valence-electron chi connectivity index (χ4n) is 2.86. The maximum atomic E-state index is 12.6. The summed E-state index contributed by atoms with van der Waals surface area (Å²) in [5, 5.41) is 13.6. The van der Waals surface area contributed by atoms with Crippen LogP contribution >= 0.6 is 0 Å². The van der Waals surface area contributed by atoms with Crippen molar-refractivity contribution in [2.45, 2.75) is 38.6 Å². The van der Waals surface area contributed by atoms with Gasteiger partial charge in [0.05, 0.1) is 5.69 Å². The van der Waals surface area contributed by atoms with Gasteiger partial charge >= 0.3 is 5.97 Å². The van der Waals surface area contributed by atoms with Crippen molar-refractivity contribution < 1.29 is 14.7 Å². The van der Waals surface area contributed by atoms with E-state index in [1.165, 1.54) is 9.58 Å². The summed E-state index contributed by atoms with van der Waals surface area (Å²) in [5.74, 6) is -1.16. The lowest BCUT2D eigenvalue weighted by Gasteiger charge is -2.33. The standard InChI is InChI=1S/C13H19N3O3/c1-4-13(12(18)19)6-5-7-16(13)11(17)10-8-9(2)14-15(10)3/h8H,4-7H2,1-3H3,(H,18,19). The number of hydrogen-bond donors (Lipinski definition) is 1. The third-order valence-electron chi connectivity index (χ3n) is 3.94. The van der Waals surface area contributed by atoms with E-state index in [1.807, 2.05) is 13.8 Å². The molecule has 6 nitrogen and oxygen atoms in total. The number of carbonyl (C=O) groups is 2. The van der Waals surface area contributed by atoms with Crippen molar-refractivity contribution in [1.82, 2.24) is 14.7 Å². The number of carbonyl (C=O) groups excluding carboxylic acids is 1. The molecule has 0 aliphatic carbocycles. The number of amides is 1. The molecule has 2 rings (SSSR count). The van der Waals surface area contributed by atoms with Crippen molar-refractivity contribution in [2.75, 3.05) is 6.54 Å². The van der Waals surface area contributed by atoms with Gasteiger partial charge in [-0.1, -0.05) is 6.92 Å². The number of aliphatic carboxylic acids is 1. The fourth-order valence-corrected chi connectivity index (χ4v) is 2.86. The smallest absolute Gasteiger partial charge is 0.329 e. The molecule has 2 heterocycles. The highest BCUT2D eigenvalue weighted by Crippen LogP contribution is 2.34. The fraction of sp³-hybridized carbons (Fsp3) is 0.615. The Morgan fingerprint density at radius 1 is 1.53 bits per heavy atom. The highest BCUT2D eigenvalue weighted by atomic mass is 16.4. The van der Waals surface area contributed by atoms with Gasteiger partial charge in [-0.15, -0.1) is 0 Å². The summed E-state index contributed by atoms with van der Waals surface area (Å²) < 4.78 is 1.51. The van der Waals surface area contributed by atoms with Crippen LogP contribution in [0, 0.1) is 6.92 Å². The molecule has 1 fully saturated rings. The Hall–Kier alpha value is -1.85. The Morgan fingerprint density at radius 3 is 2.68 bits per heavy atom. The van der Waals surface area contributed by atoms with Crippen molar-refractivity contribution in [3.8, 4) is 0 Å². The van der Waals surface area contributed by atoms with Crippen LogP contribution in [-0.4, -0.2) is 43.7 Å². The molecule has 1 aliphatic rings. The second-order valence-corrected chi connectivity index (χ2v) is 5.05. The molecule has 0 saturated carbocycles. The number of carboxylic acid groups (broad SMARTS) is 1. The first-order chi connectivity index (χ1) is 8.92. The van der Waals surface area contributed by atoms with Crippen LogP contribution in [0.5, 0.6) is 0 Å².